The summed E-state index contributed by atoms with van der Waals surface area (Å²) in [7, 11) is 0. The van der Waals surface area contributed by atoms with Gasteiger partial charge in [0.2, 0.25) is 5.88 Å². The predicted molar refractivity (Wildman–Crippen MR) is 120 cm³/mol. The van der Waals surface area contributed by atoms with Crippen LogP contribution >= 0.6 is 11.3 Å². The SMILES string of the molecule is Cc1nc(C(=O)N2CCCC(C)C2COc2ccc(C(F)(F)F)cn2)c(-c2ccc(F)cc2)s1. The first-order valence-electron chi connectivity index (χ1n) is 10.8. The van der Waals surface area contributed by atoms with Crippen LogP contribution in [0.2, 0.25) is 0 Å². The van der Waals surface area contributed by atoms with Gasteiger partial charge < -0.3 is 9.64 Å². The Morgan fingerprint density at radius 2 is 1.94 bits per heavy atom. The van der Waals surface area contributed by atoms with Crippen molar-refractivity contribution in [1.29, 1.82) is 0 Å². The Kier molecular flexibility index (Phi) is 6.88. The normalized spacial score (nSPS) is 18.7. The second kappa shape index (κ2) is 9.69. The van der Waals surface area contributed by atoms with Crippen molar-refractivity contribution in [2.45, 2.75) is 38.9 Å². The summed E-state index contributed by atoms with van der Waals surface area (Å²) >= 11 is 1.37. The molecule has 0 bridgehead atoms. The molecule has 4 rings (SSSR count). The molecule has 1 aliphatic rings. The number of pyridine rings is 1. The van der Waals surface area contributed by atoms with E-state index in [1.54, 1.807) is 17.0 Å². The first kappa shape index (κ1) is 24.1. The van der Waals surface area contributed by atoms with Gasteiger partial charge in [0, 0.05) is 18.8 Å². The second-order valence-corrected chi connectivity index (χ2v) is 9.50. The Balaban J connectivity index is 1.54. The number of amides is 1. The molecule has 0 radical (unpaired) electrons. The smallest absolute Gasteiger partial charge is 0.417 e. The van der Waals surface area contributed by atoms with E-state index in [1.165, 1.54) is 29.5 Å². The quantitative estimate of drug-likeness (QED) is 0.410. The number of hydrogen-bond donors (Lipinski definition) is 0. The Hall–Kier alpha value is -3.01. The minimum absolute atomic E-state index is 0.0645. The third kappa shape index (κ3) is 5.22. The summed E-state index contributed by atoms with van der Waals surface area (Å²) in [5.41, 5.74) is 0.165. The highest BCUT2D eigenvalue weighted by Gasteiger charge is 2.35. The molecule has 0 spiro atoms. The minimum atomic E-state index is -4.47. The molecule has 1 amide bonds. The zero-order valence-corrected chi connectivity index (χ0v) is 19.4. The number of alkyl halides is 3. The molecule has 1 fully saturated rings. The zero-order valence-electron chi connectivity index (χ0n) is 18.6. The Morgan fingerprint density at radius 1 is 1.21 bits per heavy atom. The number of hydrogen-bond acceptors (Lipinski definition) is 5. The topological polar surface area (TPSA) is 55.3 Å². The molecule has 5 nitrogen and oxygen atoms in total. The fraction of sp³-hybridized carbons (Fsp3) is 0.375. The third-order valence-electron chi connectivity index (χ3n) is 5.89. The fourth-order valence-electron chi connectivity index (χ4n) is 4.06. The van der Waals surface area contributed by atoms with Gasteiger partial charge in [-0.3, -0.25) is 4.79 Å². The van der Waals surface area contributed by atoms with Gasteiger partial charge in [-0.25, -0.2) is 14.4 Å². The molecule has 0 N–H and O–H groups in total. The number of aromatic nitrogens is 2. The van der Waals surface area contributed by atoms with Crippen molar-refractivity contribution in [3.8, 4) is 16.3 Å². The molecule has 2 atom stereocenters. The van der Waals surface area contributed by atoms with E-state index in [4.69, 9.17) is 4.74 Å². The van der Waals surface area contributed by atoms with Gasteiger partial charge in [-0.15, -0.1) is 11.3 Å². The van der Waals surface area contributed by atoms with Crippen LogP contribution < -0.4 is 4.74 Å². The van der Waals surface area contributed by atoms with Gasteiger partial charge in [0.15, 0.2) is 0 Å². The lowest BCUT2D eigenvalue weighted by Crippen LogP contribution is -2.50. The number of ether oxygens (including phenoxy) is 1. The first-order chi connectivity index (χ1) is 16.1. The number of benzene rings is 1. The summed E-state index contributed by atoms with van der Waals surface area (Å²) in [6, 6.07) is 7.73. The van der Waals surface area contributed by atoms with E-state index in [1.807, 2.05) is 13.8 Å². The molecular formula is C24H23F4N3O2S. The summed E-state index contributed by atoms with van der Waals surface area (Å²) < 4.78 is 57.4. The lowest BCUT2D eigenvalue weighted by molar-refractivity contribution is -0.137. The molecule has 0 aliphatic carbocycles. The predicted octanol–water partition coefficient (Wildman–Crippen LogP) is 5.99. The molecule has 34 heavy (non-hydrogen) atoms. The maximum atomic E-state index is 13.6. The molecule has 0 saturated carbocycles. The molecular weight excluding hydrogens is 470 g/mol. The van der Waals surface area contributed by atoms with Crippen molar-refractivity contribution in [3.63, 3.8) is 0 Å². The van der Waals surface area contributed by atoms with Gasteiger partial charge in [-0.05, 0) is 49.4 Å². The fourth-order valence-corrected chi connectivity index (χ4v) is 4.98. The van der Waals surface area contributed by atoms with Crippen LogP contribution in [0, 0.1) is 18.7 Å². The van der Waals surface area contributed by atoms with Crippen molar-refractivity contribution >= 4 is 17.2 Å². The lowest BCUT2D eigenvalue weighted by Gasteiger charge is -2.39. The molecule has 2 aromatic heterocycles. The highest BCUT2D eigenvalue weighted by atomic mass is 32.1. The molecule has 1 aliphatic heterocycles. The maximum Gasteiger partial charge on any atom is 0.417 e. The van der Waals surface area contributed by atoms with E-state index in [2.05, 4.69) is 9.97 Å². The van der Waals surface area contributed by atoms with Crippen LogP contribution in [0.1, 0.15) is 40.8 Å². The van der Waals surface area contributed by atoms with Gasteiger partial charge in [-0.1, -0.05) is 19.1 Å². The number of likely N-dealkylation sites (tertiary alicyclic amines) is 1. The molecule has 2 unspecified atom stereocenters. The van der Waals surface area contributed by atoms with E-state index in [0.717, 1.165) is 30.1 Å². The number of carbonyl (C=O) groups is 1. The second-order valence-electron chi connectivity index (χ2n) is 8.30. The van der Waals surface area contributed by atoms with E-state index in [-0.39, 0.29) is 36.2 Å². The Morgan fingerprint density at radius 3 is 2.59 bits per heavy atom. The van der Waals surface area contributed by atoms with Crippen LogP contribution in [0.3, 0.4) is 0 Å². The Labute approximate surface area is 198 Å². The molecule has 3 heterocycles. The summed E-state index contributed by atoms with van der Waals surface area (Å²) in [6.45, 7) is 4.43. The number of aryl methyl sites for hydroxylation is 1. The van der Waals surface area contributed by atoms with Gasteiger partial charge in [0.05, 0.1) is 21.5 Å². The molecule has 3 aromatic rings. The zero-order chi connectivity index (χ0) is 24.5. The summed E-state index contributed by atoms with van der Waals surface area (Å²) in [5.74, 6) is -0.433. The number of piperidine rings is 1. The van der Waals surface area contributed by atoms with Gasteiger partial charge in [0.25, 0.3) is 5.91 Å². The number of rotatable bonds is 5. The molecule has 10 heteroatoms. The van der Waals surface area contributed by atoms with E-state index < -0.39 is 11.7 Å². The number of nitrogens with zero attached hydrogens (tertiary/aromatic N) is 3. The summed E-state index contributed by atoms with van der Waals surface area (Å²) in [4.78, 5) is 24.2. The highest BCUT2D eigenvalue weighted by molar-refractivity contribution is 7.15. The van der Waals surface area contributed by atoms with Gasteiger partial charge >= 0.3 is 6.18 Å². The Bertz CT molecular complexity index is 1150. The number of halogens is 4. The van der Waals surface area contributed by atoms with E-state index in [9.17, 15) is 22.4 Å². The van der Waals surface area contributed by atoms with Crippen LogP contribution in [0.5, 0.6) is 5.88 Å². The number of thiazole rings is 1. The standard InChI is InChI=1S/C24H23F4N3O2S/c1-14-4-3-11-31(19(14)13-33-20-10-7-17(12-29-20)24(26,27)28)23(32)21-22(34-15(2)30-21)16-5-8-18(25)9-6-16/h5-10,12,14,19H,3-4,11,13H2,1-2H3. The monoisotopic (exact) mass is 493 g/mol. The summed E-state index contributed by atoms with van der Waals surface area (Å²) in [5, 5.41) is 0.717. The largest absolute Gasteiger partial charge is 0.475 e. The van der Waals surface area contributed by atoms with Crippen LogP contribution in [0.4, 0.5) is 17.6 Å². The number of carbonyl (C=O) groups excluding carboxylic acids is 1. The van der Waals surface area contributed by atoms with Crippen molar-refractivity contribution in [2.24, 2.45) is 5.92 Å². The van der Waals surface area contributed by atoms with Crippen LogP contribution in [0.25, 0.3) is 10.4 Å². The summed E-state index contributed by atoms with van der Waals surface area (Å²) in [6.07, 6.45) is -2.04. The minimum Gasteiger partial charge on any atom is -0.475 e. The van der Waals surface area contributed by atoms with Crippen LogP contribution in [0.15, 0.2) is 42.6 Å². The van der Waals surface area contributed by atoms with Crippen molar-refractivity contribution < 1.29 is 27.1 Å². The lowest BCUT2D eigenvalue weighted by atomic mass is 9.91. The average Bonchev–Trinajstić information content (AvgIpc) is 3.19. The molecule has 180 valence electrons. The van der Waals surface area contributed by atoms with Crippen LogP contribution in [-0.4, -0.2) is 40.0 Å². The van der Waals surface area contributed by atoms with Gasteiger partial charge in [0.1, 0.15) is 18.1 Å². The molecule has 1 saturated heterocycles. The van der Waals surface area contributed by atoms with Crippen molar-refractivity contribution in [2.75, 3.05) is 13.2 Å². The van der Waals surface area contributed by atoms with Gasteiger partial charge in [-0.2, -0.15) is 13.2 Å². The highest BCUT2D eigenvalue weighted by Crippen LogP contribution is 2.34. The van der Waals surface area contributed by atoms with Crippen LogP contribution in [-0.2, 0) is 6.18 Å². The first-order valence-corrected chi connectivity index (χ1v) is 11.7. The average molecular weight is 494 g/mol. The van der Waals surface area contributed by atoms with E-state index in [0.29, 0.717) is 22.7 Å². The maximum absolute atomic E-state index is 13.6. The van der Waals surface area contributed by atoms with Crippen molar-refractivity contribution in [3.05, 3.63) is 64.7 Å². The third-order valence-corrected chi connectivity index (χ3v) is 6.91. The van der Waals surface area contributed by atoms with Crippen molar-refractivity contribution in [1.82, 2.24) is 14.9 Å². The molecule has 1 aromatic carbocycles. The van der Waals surface area contributed by atoms with E-state index >= 15 is 0 Å².